The Morgan fingerprint density at radius 1 is 1.06 bits per heavy atom. The van der Waals surface area contributed by atoms with Crippen LogP contribution in [0.3, 0.4) is 0 Å². The molecule has 0 atom stereocenters. The lowest BCUT2D eigenvalue weighted by molar-refractivity contribution is 0.364. The molecule has 2 heteroatoms. The lowest BCUT2D eigenvalue weighted by atomic mass is 10.0. The number of hydrogen-bond donors (Lipinski definition) is 1. The van der Waals surface area contributed by atoms with Crippen LogP contribution < -0.4 is 4.74 Å². The van der Waals surface area contributed by atoms with Crippen LogP contribution in [0.2, 0.25) is 0 Å². The van der Waals surface area contributed by atoms with Gasteiger partial charge in [-0.2, -0.15) is 0 Å². The van der Waals surface area contributed by atoms with Crippen molar-refractivity contribution in [2.24, 2.45) is 0 Å². The van der Waals surface area contributed by atoms with Crippen molar-refractivity contribution in [3.8, 4) is 22.6 Å². The number of hydrogen-bond acceptors (Lipinski definition) is 2. The smallest absolute Gasteiger partial charge is 0.127 e. The first kappa shape index (κ1) is 11.3. The van der Waals surface area contributed by atoms with Crippen molar-refractivity contribution in [1.82, 2.24) is 0 Å². The average Bonchev–Trinajstić information content (AvgIpc) is 2.38. The molecule has 0 radical (unpaired) electrons. The fraction of sp³-hybridized carbons (Fsp3) is 0.0667. The van der Waals surface area contributed by atoms with Crippen LogP contribution in [0.5, 0.6) is 11.5 Å². The molecule has 0 spiro atoms. The minimum absolute atomic E-state index is 0.262. The fourth-order valence-corrected chi connectivity index (χ4v) is 1.62. The fourth-order valence-electron chi connectivity index (χ4n) is 1.62. The maximum Gasteiger partial charge on any atom is 0.127 e. The van der Waals surface area contributed by atoms with Gasteiger partial charge in [-0.15, -0.1) is 0 Å². The predicted molar refractivity (Wildman–Crippen MR) is 69.2 cm³/mol. The third-order valence-electron chi connectivity index (χ3n) is 2.42. The van der Waals surface area contributed by atoms with Crippen LogP contribution in [-0.2, 0) is 0 Å². The quantitative estimate of drug-likeness (QED) is 0.807. The molecule has 2 nitrogen and oxygen atoms in total. The van der Waals surface area contributed by atoms with Crippen molar-refractivity contribution in [3.63, 3.8) is 0 Å². The standard InChI is InChI=1S/C15H14O2/c1-2-11-17-15-6-4-3-5-14(15)12-7-9-13(16)10-8-12/h2-10,16H,1,11H2. The van der Waals surface area contributed by atoms with E-state index in [9.17, 15) is 5.11 Å². The summed E-state index contributed by atoms with van der Waals surface area (Å²) in [6.45, 7) is 4.11. The zero-order valence-corrected chi connectivity index (χ0v) is 9.47. The molecule has 0 amide bonds. The van der Waals surface area contributed by atoms with Crippen LogP contribution in [-0.4, -0.2) is 11.7 Å². The summed E-state index contributed by atoms with van der Waals surface area (Å²) in [6.07, 6.45) is 1.72. The summed E-state index contributed by atoms with van der Waals surface area (Å²) < 4.78 is 5.59. The molecule has 0 heterocycles. The first-order valence-corrected chi connectivity index (χ1v) is 5.43. The van der Waals surface area contributed by atoms with E-state index in [4.69, 9.17) is 4.74 Å². The van der Waals surface area contributed by atoms with Gasteiger partial charge in [0, 0.05) is 5.56 Å². The number of rotatable bonds is 4. The van der Waals surface area contributed by atoms with Crippen molar-refractivity contribution < 1.29 is 9.84 Å². The predicted octanol–water partition coefficient (Wildman–Crippen LogP) is 3.62. The number of phenolic OH excluding ortho intramolecular Hbond substituents is 1. The van der Waals surface area contributed by atoms with Crippen LogP contribution in [0.25, 0.3) is 11.1 Å². The highest BCUT2D eigenvalue weighted by Crippen LogP contribution is 2.30. The molecule has 86 valence electrons. The molecule has 0 fully saturated rings. The highest BCUT2D eigenvalue weighted by Gasteiger charge is 2.04. The molecule has 0 aromatic heterocycles. The van der Waals surface area contributed by atoms with Gasteiger partial charge in [-0.05, 0) is 23.8 Å². The van der Waals surface area contributed by atoms with Crippen molar-refractivity contribution in [2.75, 3.05) is 6.61 Å². The Hall–Kier alpha value is -2.22. The molecule has 2 aromatic carbocycles. The molecule has 0 aliphatic carbocycles. The Labute approximate surface area is 101 Å². The van der Waals surface area contributed by atoms with Gasteiger partial charge in [0.05, 0.1) is 0 Å². The molecule has 2 rings (SSSR count). The second kappa shape index (κ2) is 5.21. The Morgan fingerprint density at radius 3 is 2.47 bits per heavy atom. The van der Waals surface area contributed by atoms with Gasteiger partial charge in [0.15, 0.2) is 0 Å². The summed E-state index contributed by atoms with van der Waals surface area (Å²) in [5.74, 6) is 1.08. The van der Waals surface area contributed by atoms with Crippen LogP contribution >= 0.6 is 0 Å². The SMILES string of the molecule is C=CCOc1ccccc1-c1ccc(O)cc1. The number of aromatic hydroxyl groups is 1. The van der Waals surface area contributed by atoms with Gasteiger partial charge in [0.2, 0.25) is 0 Å². The molecule has 0 aliphatic heterocycles. The van der Waals surface area contributed by atoms with Gasteiger partial charge in [0.25, 0.3) is 0 Å². The lowest BCUT2D eigenvalue weighted by Crippen LogP contribution is -1.94. The van der Waals surface area contributed by atoms with E-state index in [-0.39, 0.29) is 5.75 Å². The number of ether oxygens (including phenoxy) is 1. The highest BCUT2D eigenvalue weighted by atomic mass is 16.5. The largest absolute Gasteiger partial charge is 0.508 e. The molecular weight excluding hydrogens is 212 g/mol. The summed E-state index contributed by atoms with van der Waals surface area (Å²) in [4.78, 5) is 0. The Kier molecular flexibility index (Phi) is 3.46. The van der Waals surface area contributed by atoms with E-state index in [1.807, 2.05) is 36.4 Å². The molecule has 0 bridgehead atoms. The summed E-state index contributed by atoms with van der Waals surface area (Å²) >= 11 is 0. The second-order valence-electron chi connectivity index (χ2n) is 3.64. The van der Waals surface area contributed by atoms with Crippen LogP contribution in [0.15, 0.2) is 61.2 Å². The van der Waals surface area contributed by atoms with Gasteiger partial charge in [-0.1, -0.05) is 43.0 Å². The number of benzene rings is 2. The van der Waals surface area contributed by atoms with Gasteiger partial charge in [-0.25, -0.2) is 0 Å². The summed E-state index contributed by atoms with van der Waals surface area (Å²) in [5, 5.41) is 9.27. The van der Waals surface area contributed by atoms with Gasteiger partial charge >= 0.3 is 0 Å². The normalized spacial score (nSPS) is 9.88. The Morgan fingerprint density at radius 2 is 1.76 bits per heavy atom. The minimum atomic E-state index is 0.262. The van der Waals surface area contributed by atoms with E-state index in [1.165, 1.54) is 0 Å². The molecule has 2 aromatic rings. The number of para-hydroxylation sites is 1. The minimum Gasteiger partial charge on any atom is -0.508 e. The van der Waals surface area contributed by atoms with E-state index in [1.54, 1.807) is 18.2 Å². The maximum absolute atomic E-state index is 9.27. The highest BCUT2D eigenvalue weighted by molar-refractivity contribution is 5.70. The monoisotopic (exact) mass is 226 g/mol. The van der Waals surface area contributed by atoms with Crippen molar-refractivity contribution in [2.45, 2.75) is 0 Å². The molecule has 0 saturated carbocycles. The number of phenols is 1. The molecule has 0 aliphatic rings. The van der Waals surface area contributed by atoms with Crippen LogP contribution in [0.4, 0.5) is 0 Å². The zero-order valence-electron chi connectivity index (χ0n) is 9.47. The van der Waals surface area contributed by atoms with Gasteiger partial charge in [0.1, 0.15) is 18.1 Å². The third kappa shape index (κ3) is 2.67. The molecule has 1 N–H and O–H groups in total. The maximum atomic E-state index is 9.27. The molecule has 17 heavy (non-hydrogen) atoms. The zero-order chi connectivity index (χ0) is 12.1. The molecule has 0 unspecified atom stereocenters. The van der Waals surface area contributed by atoms with E-state index < -0.39 is 0 Å². The molecular formula is C15H14O2. The lowest BCUT2D eigenvalue weighted by Gasteiger charge is -2.10. The third-order valence-corrected chi connectivity index (χ3v) is 2.42. The summed E-state index contributed by atoms with van der Waals surface area (Å²) in [6, 6.07) is 14.9. The Bertz CT molecular complexity index is 501. The van der Waals surface area contributed by atoms with E-state index >= 15 is 0 Å². The average molecular weight is 226 g/mol. The molecule has 0 saturated heterocycles. The van der Waals surface area contributed by atoms with Crippen LogP contribution in [0.1, 0.15) is 0 Å². The second-order valence-corrected chi connectivity index (χ2v) is 3.64. The first-order valence-electron chi connectivity index (χ1n) is 5.43. The van der Waals surface area contributed by atoms with Crippen molar-refractivity contribution in [1.29, 1.82) is 0 Å². The van der Waals surface area contributed by atoms with Gasteiger partial charge < -0.3 is 9.84 Å². The van der Waals surface area contributed by atoms with E-state index in [0.717, 1.165) is 16.9 Å². The van der Waals surface area contributed by atoms with Crippen molar-refractivity contribution >= 4 is 0 Å². The van der Waals surface area contributed by atoms with Gasteiger partial charge in [-0.3, -0.25) is 0 Å². The van der Waals surface area contributed by atoms with Crippen molar-refractivity contribution in [3.05, 3.63) is 61.2 Å². The van der Waals surface area contributed by atoms with E-state index in [0.29, 0.717) is 6.61 Å². The first-order chi connectivity index (χ1) is 8.31. The summed E-state index contributed by atoms with van der Waals surface area (Å²) in [7, 11) is 0. The van der Waals surface area contributed by atoms with E-state index in [2.05, 4.69) is 6.58 Å². The Balaban J connectivity index is 2.36. The topological polar surface area (TPSA) is 29.5 Å². The van der Waals surface area contributed by atoms with Crippen LogP contribution in [0, 0.1) is 0 Å². The summed E-state index contributed by atoms with van der Waals surface area (Å²) in [5.41, 5.74) is 2.02.